The molecule has 0 radical (unpaired) electrons. The van der Waals surface area contributed by atoms with Crippen LogP contribution in [0.2, 0.25) is 5.02 Å². The third-order valence-corrected chi connectivity index (χ3v) is 4.31. The molecule has 1 saturated heterocycles. The van der Waals surface area contributed by atoms with Crippen LogP contribution in [0, 0.1) is 5.92 Å². The van der Waals surface area contributed by atoms with Crippen molar-refractivity contribution in [2.75, 3.05) is 25.6 Å². The monoisotopic (exact) mass is 349 g/mol. The van der Waals surface area contributed by atoms with Crippen molar-refractivity contribution in [2.45, 2.75) is 19.4 Å². The predicted octanol–water partition coefficient (Wildman–Crippen LogP) is 2.76. The maximum absolute atomic E-state index is 12.0. The highest BCUT2D eigenvalue weighted by Gasteiger charge is 2.22. The first-order valence-corrected chi connectivity index (χ1v) is 8.35. The number of anilines is 1. The fourth-order valence-corrected chi connectivity index (χ4v) is 2.78. The van der Waals surface area contributed by atoms with Gasteiger partial charge in [0.25, 0.3) is 0 Å². The molecule has 1 aromatic heterocycles. The van der Waals surface area contributed by atoms with Gasteiger partial charge in [0.05, 0.1) is 18.2 Å². The number of ether oxygens (including phenoxy) is 2. The molecule has 6 nitrogen and oxygen atoms in total. The highest BCUT2D eigenvalue weighted by molar-refractivity contribution is 6.30. The molecule has 0 aliphatic carbocycles. The van der Waals surface area contributed by atoms with E-state index < -0.39 is 0 Å². The standard InChI is InChI=1S/C17H20ClN3O3/c18-14-3-1-12(2-4-14)15-11-16(19)21(20-15)7-10-24-17(22)13-5-8-23-9-6-13/h1-4,11,13H,5-10,19H2. The Bertz CT molecular complexity index is 694. The first-order chi connectivity index (χ1) is 11.6. The van der Waals surface area contributed by atoms with Crippen LogP contribution in [0.15, 0.2) is 30.3 Å². The van der Waals surface area contributed by atoms with Gasteiger partial charge in [-0.15, -0.1) is 0 Å². The van der Waals surface area contributed by atoms with E-state index in [-0.39, 0.29) is 18.5 Å². The number of halogens is 1. The van der Waals surface area contributed by atoms with Gasteiger partial charge in [0, 0.05) is 29.9 Å². The van der Waals surface area contributed by atoms with Crippen LogP contribution < -0.4 is 5.73 Å². The number of esters is 1. The molecule has 0 unspecified atom stereocenters. The molecule has 0 amide bonds. The summed E-state index contributed by atoms with van der Waals surface area (Å²) in [5.74, 6) is 0.308. The second-order valence-electron chi connectivity index (χ2n) is 5.74. The van der Waals surface area contributed by atoms with E-state index in [1.54, 1.807) is 10.7 Å². The van der Waals surface area contributed by atoms with Crippen molar-refractivity contribution >= 4 is 23.4 Å². The quantitative estimate of drug-likeness (QED) is 0.839. The SMILES string of the molecule is Nc1cc(-c2ccc(Cl)cc2)nn1CCOC(=O)C1CCOCC1. The zero-order valence-electron chi connectivity index (χ0n) is 13.3. The Hall–Kier alpha value is -2.05. The Labute approximate surface area is 145 Å². The van der Waals surface area contributed by atoms with Crippen molar-refractivity contribution in [1.29, 1.82) is 0 Å². The highest BCUT2D eigenvalue weighted by atomic mass is 35.5. The van der Waals surface area contributed by atoms with Crippen molar-refractivity contribution in [1.82, 2.24) is 9.78 Å². The topological polar surface area (TPSA) is 79.4 Å². The second kappa shape index (κ2) is 7.68. The van der Waals surface area contributed by atoms with Crippen LogP contribution in [0.4, 0.5) is 5.82 Å². The lowest BCUT2D eigenvalue weighted by Crippen LogP contribution is -2.26. The van der Waals surface area contributed by atoms with Gasteiger partial charge in [-0.1, -0.05) is 23.7 Å². The largest absolute Gasteiger partial charge is 0.463 e. The molecule has 0 saturated carbocycles. The summed E-state index contributed by atoms with van der Waals surface area (Å²) in [6, 6.07) is 9.19. The smallest absolute Gasteiger partial charge is 0.309 e. The Morgan fingerprint density at radius 1 is 1.33 bits per heavy atom. The van der Waals surface area contributed by atoms with E-state index in [0.717, 1.165) is 24.1 Å². The number of nitrogens with zero attached hydrogens (tertiary/aromatic N) is 2. The lowest BCUT2D eigenvalue weighted by molar-refractivity contribution is -0.152. The Balaban J connectivity index is 1.55. The molecule has 0 atom stereocenters. The molecular formula is C17H20ClN3O3. The fourth-order valence-electron chi connectivity index (χ4n) is 2.66. The number of benzene rings is 1. The minimum Gasteiger partial charge on any atom is -0.463 e. The summed E-state index contributed by atoms with van der Waals surface area (Å²) in [5.41, 5.74) is 7.68. The van der Waals surface area contributed by atoms with Crippen molar-refractivity contribution < 1.29 is 14.3 Å². The van der Waals surface area contributed by atoms with Crippen LogP contribution in [0.5, 0.6) is 0 Å². The van der Waals surface area contributed by atoms with Gasteiger partial charge in [-0.2, -0.15) is 5.10 Å². The van der Waals surface area contributed by atoms with Crippen molar-refractivity contribution in [2.24, 2.45) is 5.92 Å². The number of nitrogens with two attached hydrogens (primary N) is 1. The average molecular weight is 350 g/mol. The molecule has 0 bridgehead atoms. The molecule has 128 valence electrons. The fraction of sp³-hybridized carbons (Fsp3) is 0.412. The molecule has 1 aromatic carbocycles. The normalized spacial score (nSPS) is 15.4. The lowest BCUT2D eigenvalue weighted by Gasteiger charge is -2.20. The van der Waals surface area contributed by atoms with Crippen LogP contribution in [0.3, 0.4) is 0 Å². The first-order valence-electron chi connectivity index (χ1n) is 7.97. The zero-order chi connectivity index (χ0) is 16.9. The van der Waals surface area contributed by atoms with Crippen LogP contribution >= 0.6 is 11.6 Å². The van der Waals surface area contributed by atoms with Gasteiger partial charge >= 0.3 is 5.97 Å². The van der Waals surface area contributed by atoms with Gasteiger partial charge in [-0.3, -0.25) is 4.79 Å². The second-order valence-corrected chi connectivity index (χ2v) is 6.18. The van der Waals surface area contributed by atoms with Crippen LogP contribution in [-0.2, 0) is 20.8 Å². The minimum atomic E-state index is -0.165. The van der Waals surface area contributed by atoms with Gasteiger partial charge in [-0.25, -0.2) is 4.68 Å². The third-order valence-electron chi connectivity index (χ3n) is 4.05. The Kier molecular flexibility index (Phi) is 5.37. The van der Waals surface area contributed by atoms with Crippen molar-refractivity contribution in [3.8, 4) is 11.3 Å². The summed E-state index contributed by atoms with van der Waals surface area (Å²) in [6.45, 7) is 1.92. The number of hydrogen-bond donors (Lipinski definition) is 1. The van der Waals surface area contributed by atoms with Crippen molar-refractivity contribution in [3.63, 3.8) is 0 Å². The predicted molar refractivity (Wildman–Crippen MR) is 91.6 cm³/mol. The molecule has 1 aliphatic rings. The molecule has 1 fully saturated rings. The third kappa shape index (κ3) is 4.07. The van der Waals surface area contributed by atoms with Crippen LogP contribution in [0.25, 0.3) is 11.3 Å². The summed E-state index contributed by atoms with van der Waals surface area (Å²) in [6.07, 6.45) is 1.45. The summed E-state index contributed by atoms with van der Waals surface area (Å²) >= 11 is 5.89. The van der Waals surface area contributed by atoms with E-state index >= 15 is 0 Å². The number of rotatable bonds is 5. The van der Waals surface area contributed by atoms with E-state index in [2.05, 4.69) is 5.10 Å². The molecular weight excluding hydrogens is 330 g/mol. The van der Waals surface area contributed by atoms with E-state index in [1.165, 1.54) is 0 Å². The minimum absolute atomic E-state index is 0.0571. The Morgan fingerprint density at radius 2 is 2.04 bits per heavy atom. The molecule has 1 aliphatic heterocycles. The summed E-state index contributed by atoms with van der Waals surface area (Å²) < 4.78 is 12.2. The number of carbonyl (C=O) groups is 1. The van der Waals surface area contributed by atoms with Gasteiger partial charge in [0.1, 0.15) is 12.4 Å². The molecule has 2 heterocycles. The Morgan fingerprint density at radius 3 is 2.75 bits per heavy atom. The maximum Gasteiger partial charge on any atom is 0.309 e. The highest BCUT2D eigenvalue weighted by Crippen LogP contribution is 2.22. The van der Waals surface area contributed by atoms with Crippen molar-refractivity contribution in [3.05, 3.63) is 35.4 Å². The van der Waals surface area contributed by atoms with Gasteiger partial charge in [-0.05, 0) is 25.0 Å². The molecule has 3 rings (SSSR count). The molecule has 2 aromatic rings. The summed E-state index contributed by atoms with van der Waals surface area (Å²) in [4.78, 5) is 12.0. The van der Waals surface area contributed by atoms with E-state index in [4.69, 9.17) is 26.8 Å². The van der Waals surface area contributed by atoms with Gasteiger partial charge in [0.2, 0.25) is 0 Å². The summed E-state index contributed by atoms with van der Waals surface area (Å²) in [5, 5.41) is 5.13. The van der Waals surface area contributed by atoms with E-state index in [1.807, 2.05) is 24.3 Å². The lowest BCUT2D eigenvalue weighted by atomic mass is 10.0. The zero-order valence-corrected chi connectivity index (χ0v) is 14.0. The van der Waals surface area contributed by atoms with Gasteiger partial charge in [0.15, 0.2) is 0 Å². The molecule has 7 heteroatoms. The number of hydrogen-bond acceptors (Lipinski definition) is 5. The molecule has 2 N–H and O–H groups in total. The van der Waals surface area contributed by atoms with Crippen LogP contribution in [-0.4, -0.2) is 35.6 Å². The molecule has 24 heavy (non-hydrogen) atoms. The average Bonchev–Trinajstić information content (AvgIpc) is 2.97. The van der Waals surface area contributed by atoms with E-state index in [9.17, 15) is 4.79 Å². The number of nitrogen functional groups attached to an aromatic ring is 1. The van der Waals surface area contributed by atoms with E-state index in [0.29, 0.717) is 30.6 Å². The summed E-state index contributed by atoms with van der Waals surface area (Å²) in [7, 11) is 0. The van der Waals surface area contributed by atoms with Gasteiger partial charge < -0.3 is 15.2 Å². The maximum atomic E-state index is 12.0. The first kappa shape index (κ1) is 16.8. The number of aromatic nitrogens is 2. The number of carbonyl (C=O) groups excluding carboxylic acids is 1. The van der Waals surface area contributed by atoms with Crippen LogP contribution in [0.1, 0.15) is 12.8 Å². The molecule has 0 spiro atoms.